The maximum atomic E-state index is 13.1. The van der Waals surface area contributed by atoms with Crippen LogP contribution >= 0.6 is 0 Å². The first-order chi connectivity index (χ1) is 8.97. The van der Waals surface area contributed by atoms with E-state index in [9.17, 15) is 13.6 Å². The number of nitrogen functional groups attached to an aromatic ring is 1. The van der Waals surface area contributed by atoms with E-state index >= 15 is 0 Å². The van der Waals surface area contributed by atoms with Crippen molar-refractivity contribution < 1.29 is 13.6 Å². The summed E-state index contributed by atoms with van der Waals surface area (Å²) in [5, 5.41) is 2.58. The van der Waals surface area contributed by atoms with Crippen molar-refractivity contribution in [3.05, 3.63) is 59.2 Å². The molecule has 2 rings (SSSR count). The second kappa shape index (κ2) is 5.06. The number of rotatable bonds is 2. The van der Waals surface area contributed by atoms with Gasteiger partial charge in [0.25, 0.3) is 5.91 Å². The van der Waals surface area contributed by atoms with Gasteiger partial charge in [-0.05, 0) is 30.7 Å². The van der Waals surface area contributed by atoms with Crippen LogP contribution in [0.5, 0.6) is 0 Å². The van der Waals surface area contributed by atoms with Crippen LogP contribution in [0.1, 0.15) is 15.9 Å². The number of halogens is 2. The first kappa shape index (κ1) is 13.0. The third kappa shape index (κ3) is 2.88. The van der Waals surface area contributed by atoms with Crippen LogP contribution in [0.25, 0.3) is 0 Å². The summed E-state index contributed by atoms with van der Waals surface area (Å²) in [6.45, 7) is 1.88. The Balaban J connectivity index is 2.28. The van der Waals surface area contributed by atoms with Crippen molar-refractivity contribution in [3.8, 4) is 0 Å². The molecule has 0 radical (unpaired) electrons. The molecule has 0 bridgehead atoms. The van der Waals surface area contributed by atoms with E-state index in [-0.39, 0.29) is 11.3 Å². The smallest absolute Gasteiger partial charge is 0.257 e. The fraction of sp³-hybridized carbons (Fsp3) is 0.0714. The van der Waals surface area contributed by atoms with Crippen molar-refractivity contribution in [1.82, 2.24) is 0 Å². The summed E-state index contributed by atoms with van der Waals surface area (Å²) in [7, 11) is 0. The van der Waals surface area contributed by atoms with E-state index in [1.165, 1.54) is 0 Å². The predicted molar refractivity (Wildman–Crippen MR) is 69.9 cm³/mol. The fourth-order valence-electron chi connectivity index (χ4n) is 1.68. The van der Waals surface area contributed by atoms with Crippen LogP contribution < -0.4 is 11.1 Å². The number of amides is 1. The molecule has 0 fully saturated rings. The van der Waals surface area contributed by atoms with Crippen LogP contribution in [0.2, 0.25) is 0 Å². The normalized spacial score (nSPS) is 10.3. The van der Waals surface area contributed by atoms with Gasteiger partial charge in [0.05, 0.1) is 5.56 Å². The molecule has 0 saturated carbocycles. The molecular formula is C14H12F2N2O. The zero-order valence-corrected chi connectivity index (χ0v) is 10.2. The Kier molecular flexibility index (Phi) is 3.46. The van der Waals surface area contributed by atoms with Gasteiger partial charge in [-0.2, -0.15) is 0 Å². The Labute approximate surface area is 109 Å². The maximum absolute atomic E-state index is 13.1. The molecule has 2 aromatic carbocycles. The molecule has 0 unspecified atom stereocenters. The fourth-order valence-corrected chi connectivity index (χ4v) is 1.68. The van der Waals surface area contributed by atoms with Gasteiger partial charge in [-0.1, -0.05) is 12.1 Å². The van der Waals surface area contributed by atoms with E-state index in [1.807, 2.05) is 13.0 Å². The number of carbonyl (C=O) groups is 1. The molecule has 5 heteroatoms. The van der Waals surface area contributed by atoms with Crippen LogP contribution in [0, 0.1) is 18.6 Å². The number of aryl methyl sites for hydroxylation is 1. The number of carbonyl (C=O) groups excluding carboxylic acids is 1. The summed E-state index contributed by atoms with van der Waals surface area (Å²) in [5.74, 6) is -2.77. The summed E-state index contributed by atoms with van der Waals surface area (Å²) in [5.41, 5.74) is 6.84. The van der Waals surface area contributed by atoms with E-state index < -0.39 is 17.5 Å². The minimum absolute atomic E-state index is 0.0968. The number of hydrogen-bond donors (Lipinski definition) is 2. The lowest BCUT2D eigenvalue weighted by atomic mass is 10.1. The Morgan fingerprint density at radius 1 is 1.16 bits per heavy atom. The first-order valence-electron chi connectivity index (χ1n) is 5.60. The topological polar surface area (TPSA) is 55.1 Å². The van der Waals surface area contributed by atoms with E-state index in [1.54, 1.807) is 18.2 Å². The van der Waals surface area contributed by atoms with Crippen molar-refractivity contribution >= 4 is 17.3 Å². The van der Waals surface area contributed by atoms with Crippen molar-refractivity contribution in [2.24, 2.45) is 0 Å². The summed E-state index contributed by atoms with van der Waals surface area (Å²) in [4.78, 5) is 11.9. The molecule has 0 spiro atoms. The Morgan fingerprint density at radius 3 is 2.53 bits per heavy atom. The quantitative estimate of drug-likeness (QED) is 0.817. The molecule has 0 aliphatic heterocycles. The number of anilines is 2. The van der Waals surface area contributed by atoms with Gasteiger partial charge in [-0.15, -0.1) is 0 Å². The molecule has 0 aliphatic rings. The summed E-state index contributed by atoms with van der Waals surface area (Å²) in [6.07, 6.45) is 0. The Morgan fingerprint density at radius 2 is 1.84 bits per heavy atom. The predicted octanol–water partition coefficient (Wildman–Crippen LogP) is 3.11. The SMILES string of the molecule is Cc1cccc(NC(=O)c2cc(F)c(F)cc2N)c1. The number of hydrogen-bond acceptors (Lipinski definition) is 2. The molecule has 19 heavy (non-hydrogen) atoms. The minimum Gasteiger partial charge on any atom is -0.398 e. The van der Waals surface area contributed by atoms with Crippen LogP contribution in [0.3, 0.4) is 0 Å². The van der Waals surface area contributed by atoms with Gasteiger partial charge >= 0.3 is 0 Å². The lowest BCUT2D eigenvalue weighted by molar-refractivity contribution is 0.102. The average molecular weight is 262 g/mol. The minimum atomic E-state index is -1.11. The van der Waals surface area contributed by atoms with Gasteiger partial charge in [0, 0.05) is 17.4 Å². The second-order valence-electron chi connectivity index (χ2n) is 4.18. The highest BCUT2D eigenvalue weighted by Gasteiger charge is 2.14. The highest BCUT2D eigenvalue weighted by Crippen LogP contribution is 2.19. The molecule has 0 atom stereocenters. The lowest BCUT2D eigenvalue weighted by Gasteiger charge is -2.08. The van der Waals surface area contributed by atoms with Crippen LogP contribution in [-0.4, -0.2) is 5.91 Å². The monoisotopic (exact) mass is 262 g/mol. The van der Waals surface area contributed by atoms with Crippen molar-refractivity contribution in [3.63, 3.8) is 0 Å². The third-order valence-corrected chi connectivity index (χ3v) is 2.61. The standard InChI is InChI=1S/C14H12F2N2O/c1-8-3-2-4-9(5-8)18-14(19)10-6-11(15)12(16)7-13(10)17/h2-7H,17H2,1H3,(H,18,19). The largest absolute Gasteiger partial charge is 0.398 e. The van der Waals surface area contributed by atoms with Gasteiger partial charge in [-0.25, -0.2) is 8.78 Å². The number of nitrogens with one attached hydrogen (secondary N) is 1. The van der Waals surface area contributed by atoms with E-state index in [0.717, 1.165) is 17.7 Å². The molecule has 0 heterocycles. The molecule has 1 amide bonds. The highest BCUT2D eigenvalue weighted by molar-refractivity contribution is 6.07. The maximum Gasteiger partial charge on any atom is 0.257 e. The molecule has 98 valence electrons. The van der Waals surface area contributed by atoms with Gasteiger partial charge in [0.15, 0.2) is 11.6 Å². The van der Waals surface area contributed by atoms with Gasteiger partial charge in [-0.3, -0.25) is 4.79 Å². The highest BCUT2D eigenvalue weighted by atomic mass is 19.2. The zero-order chi connectivity index (χ0) is 14.0. The van der Waals surface area contributed by atoms with Crippen molar-refractivity contribution in [2.45, 2.75) is 6.92 Å². The molecule has 0 aliphatic carbocycles. The molecular weight excluding hydrogens is 250 g/mol. The first-order valence-corrected chi connectivity index (χ1v) is 5.60. The summed E-state index contributed by atoms with van der Waals surface area (Å²) in [6, 6.07) is 8.69. The molecule has 0 saturated heterocycles. The average Bonchev–Trinajstić information content (AvgIpc) is 2.33. The Bertz CT molecular complexity index is 641. The Hall–Kier alpha value is -2.43. The van der Waals surface area contributed by atoms with E-state index in [0.29, 0.717) is 5.69 Å². The zero-order valence-electron chi connectivity index (χ0n) is 10.2. The third-order valence-electron chi connectivity index (χ3n) is 2.61. The molecule has 0 aromatic heterocycles. The van der Waals surface area contributed by atoms with Gasteiger partial charge < -0.3 is 11.1 Å². The summed E-state index contributed by atoms with van der Waals surface area (Å²) >= 11 is 0. The molecule has 3 N–H and O–H groups in total. The van der Waals surface area contributed by atoms with E-state index in [2.05, 4.69) is 5.32 Å². The van der Waals surface area contributed by atoms with E-state index in [4.69, 9.17) is 5.73 Å². The van der Waals surface area contributed by atoms with Crippen LogP contribution in [-0.2, 0) is 0 Å². The van der Waals surface area contributed by atoms with Crippen molar-refractivity contribution in [1.29, 1.82) is 0 Å². The van der Waals surface area contributed by atoms with Crippen molar-refractivity contribution in [2.75, 3.05) is 11.1 Å². The number of nitrogens with two attached hydrogens (primary N) is 1. The second-order valence-corrected chi connectivity index (χ2v) is 4.18. The summed E-state index contributed by atoms with van der Waals surface area (Å²) < 4.78 is 26.0. The van der Waals surface area contributed by atoms with Crippen LogP contribution in [0.15, 0.2) is 36.4 Å². The molecule has 3 nitrogen and oxygen atoms in total. The van der Waals surface area contributed by atoms with Gasteiger partial charge in [0.2, 0.25) is 0 Å². The number of benzene rings is 2. The van der Waals surface area contributed by atoms with Gasteiger partial charge in [0.1, 0.15) is 0 Å². The van der Waals surface area contributed by atoms with Crippen LogP contribution in [0.4, 0.5) is 20.2 Å². The molecule has 2 aromatic rings. The lowest BCUT2D eigenvalue weighted by Crippen LogP contribution is -2.15.